The second-order valence-electron chi connectivity index (χ2n) is 5.70. The fourth-order valence-corrected chi connectivity index (χ4v) is 2.75. The average Bonchev–Trinajstić information content (AvgIpc) is 2.90. The molecular weight excluding hydrogens is 329 g/mol. The molecule has 1 saturated heterocycles. The van der Waals surface area contributed by atoms with Crippen molar-refractivity contribution in [2.75, 3.05) is 13.2 Å². The third-order valence-corrected chi connectivity index (χ3v) is 3.94. The van der Waals surface area contributed by atoms with Crippen LogP contribution in [0.4, 0.5) is 4.39 Å². The van der Waals surface area contributed by atoms with Crippen molar-refractivity contribution in [3.8, 4) is 11.6 Å². The van der Waals surface area contributed by atoms with E-state index in [0.29, 0.717) is 29.0 Å². The zero-order chi connectivity index (χ0) is 18.0. The van der Waals surface area contributed by atoms with Gasteiger partial charge in [0.25, 0.3) is 11.8 Å². The van der Waals surface area contributed by atoms with E-state index in [4.69, 9.17) is 15.2 Å². The van der Waals surface area contributed by atoms with E-state index in [1.54, 1.807) is 25.1 Å². The molecule has 1 aliphatic rings. The van der Waals surface area contributed by atoms with E-state index in [0.717, 1.165) is 0 Å². The molecule has 2 atom stereocenters. The molecule has 1 aliphatic heterocycles. The maximum atomic E-state index is 13.3. The largest absolute Gasteiger partial charge is 0.493 e. The number of hydrogen-bond acceptors (Lipinski definition) is 5. The Kier molecular flexibility index (Phi) is 4.69. The van der Waals surface area contributed by atoms with Gasteiger partial charge >= 0.3 is 0 Å². The minimum absolute atomic E-state index is 0.0691. The van der Waals surface area contributed by atoms with Gasteiger partial charge in [0.2, 0.25) is 5.88 Å². The molecule has 2 amide bonds. The lowest BCUT2D eigenvalue weighted by Gasteiger charge is -2.14. The van der Waals surface area contributed by atoms with Crippen molar-refractivity contribution in [1.29, 1.82) is 0 Å². The van der Waals surface area contributed by atoms with Crippen LogP contribution in [-0.2, 0) is 4.79 Å². The van der Waals surface area contributed by atoms with E-state index in [9.17, 15) is 14.0 Å². The van der Waals surface area contributed by atoms with Crippen LogP contribution in [-0.4, -0.2) is 42.2 Å². The zero-order valence-electron chi connectivity index (χ0n) is 13.6. The second kappa shape index (κ2) is 6.92. The van der Waals surface area contributed by atoms with Crippen molar-refractivity contribution in [1.82, 2.24) is 10.3 Å². The summed E-state index contributed by atoms with van der Waals surface area (Å²) in [6, 6.07) is 4.58. The van der Waals surface area contributed by atoms with Crippen LogP contribution < -0.4 is 20.5 Å². The molecule has 132 valence electrons. The first-order valence-electron chi connectivity index (χ1n) is 7.92. The number of nitrogens with one attached hydrogen (secondary N) is 1. The van der Waals surface area contributed by atoms with Gasteiger partial charge in [-0.1, -0.05) is 0 Å². The Labute approximate surface area is 143 Å². The molecule has 0 aliphatic carbocycles. The summed E-state index contributed by atoms with van der Waals surface area (Å²) in [6.45, 7) is 2.26. The number of aromatic nitrogens is 1. The number of carbonyl (C=O) groups is 2. The molecule has 3 N–H and O–H groups in total. The first kappa shape index (κ1) is 16.9. The highest BCUT2D eigenvalue weighted by molar-refractivity contribution is 6.01. The topological polar surface area (TPSA) is 104 Å². The van der Waals surface area contributed by atoms with Crippen LogP contribution in [0.5, 0.6) is 11.6 Å². The van der Waals surface area contributed by atoms with Crippen molar-refractivity contribution in [2.45, 2.75) is 25.6 Å². The number of primary amides is 1. The first-order valence-corrected chi connectivity index (χ1v) is 7.92. The van der Waals surface area contributed by atoms with Gasteiger partial charge in [0.05, 0.1) is 18.2 Å². The summed E-state index contributed by atoms with van der Waals surface area (Å²) in [5.41, 5.74) is 5.67. The number of pyridine rings is 1. The lowest BCUT2D eigenvalue weighted by Crippen LogP contribution is -2.31. The van der Waals surface area contributed by atoms with Crippen molar-refractivity contribution < 1.29 is 23.5 Å². The number of halogens is 1. The van der Waals surface area contributed by atoms with Crippen molar-refractivity contribution >= 4 is 22.6 Å². The molecular formula is C17H18FN3O4. The van der Waals surface area contributed by atoms with Gasteiger partial charge in [-0.3, -0.25) is 9.59 Å². The molecule has 2 aromatic rings. The van der Waals surface area contributed by atoms with Gasteiger partial charge in [-0.05, 0) is 30.5 Å². The molecule has 0 unspecified atom stereocenters. The predicted molar refractivity (Wildman–Crippen MR) is 88.4 cm³/mol. The van der Waals surface area contributed by atoms with E-state index in [-0.39, 0.29) is 18.6 Å². The average molecular weight is 347 g/mol. The molecule has 2 heterocycles. The van der Waals surface area contributed by atoms with Crippen LogP contribution in [0.2, 0.25) is 0 Å². The van der Waals surface area contributed by atoms with Crippen LogP contribution in [0, 0.1) is 0 Å². The van der Waals surface area contributed by atoms with Crippen LogP contribution in [0.1, 0.15) is 23.7 Å². The number of ether oxygens (including phenoxy) is 2. The highest BCUT2D eigenvalue weighted by Crippen LogP contribution is 2.31. The summed E-state index contributed by atoms with van der Waals surface area (Å²) < 4.78 is 24.4. The number of carbonyl (C=O) groups excluding carboxylic acids is 2. The quantitative estimate of drug-likeness (QED) is 0.821. The Bertz CT molecular complexity index is 827. The van der Waals surface area contributed by atoms with Gasteiger partial charge in [0, 0.05) is 18.0 Å². The van der Waals surface area contributed by atoms with Gasteiger partial charge in [-0.25, -0.2) is 9.37 Å². The molecule has 0 radical (unpaired) electrons. The first-order chi connectivity index (χ1) is 12.0. The third kappa shape index (κ3) is 3.47. The lowest BCUT2D eigenvalue weighted by molar-refractivity contribution is -0.123. The SMILES string of the molecule is CCOc1cc2c(OC[C@@H]3C[C@H](F)C(=O)N3)nccc2cc1C(N)=O. The fourth-order valence-electron chi connectivity index (χ4n) is 2.75. The fraction of sp³-hybridized carbons (Fsp3) is 0.353. The van der Waals surface area contributed by atoms with E-state index in [1.165, 1.54) is 6.20 Å². The number of hydrogen-bond donors (Lipinski definition) is 2. The van der Waals surface area contributed by atoms with Crippen LogP contribution in [0.15, 0.2) is 24.4 Å². The van der Waals surface area contributed by atoms with Crippen molar-refractivity contribution in [3.63, 3.8) is 0 Å². The summed E-state index contributed by atoms with van der Waals surface area (Å²) in [7, 11) is 0. The number of nitrogens with zero attached hydrogens (tertiary/aromatic N) is 1. The maximum absolute atomic E-state index is 13.3. The van der Waals surface area contributed by atoms with E-state index >= 15 is 0 Å². The molecule has 1 aromatic heterocycles. The summed E-state index contributed by atoms with van der Waals surface area (Å²) in [5, 5.41) is 3.87. The minimum atomic E-state index is -1.50. The number of benzene rings is 1. The minimum Gasteiger partial charge on any atom is -0.493 e. The molecule has 7 nitrogen and oxygen atoms in total. The van der Waals surface area contributed by atoms with Gasteiger partial charge in [0.15, 0.2) is 6.17 Å². The van der Waals surface area contributed by atoms with Gasteiger partial charge in [0.1, 0.15) is 12.4 Å². The molecule has 0 saturated carbocycles. The highest BCUT2D eigenvalue weighted by Gasteiger charge is 2.32. The highest BCUT2D eigenvalue weighted by atomic mass is 19.1. The van der Waals surface area contributed by atoms with Crippen LogP contribution in [0.25, 0.3) is 10.8 Å². The molecule has 1 aromatic carbocycles. The van der Waals surface area contributed by atoms with Gasteiger partial charge in [-0.2, -0.15) is 0 Å². The van der Waals surface area contributed by atoms with Crippen LogP contribution >= 0.6 is 0 Å². The molecule has 0 spiro atoms. The van der Waals surface area contributed by atoms with Crippen molar-refractivity contribution in [2.24, 2.45) is 5.73 Å². The maximum Gasteiger partial charge on any atom is 0.254 e. The zero-order valence-corrected chi connectivity index (χ0v) is 13.6. The Morgan fingerprint density at radius 1 is 1.44 bits per heavy atom. The number of nitrogens with two attached hydrogens (primary N) is 1. The Morgan fingerprint density at radius 3 is 2.88 bits per heavy atom. The van der Waals surface area contributed by atoms with Gasteiger partial charge in [-0.15, -0.1) is 0 Å². The second-order valence-corrected chi connectivity index (χ2v) is 5.70. The Morgan fingerprint density at radius 2 is 2.24 bits per heavy atom. The number of rotatable bonds is 6. The predicted octanol–water partition coefficient (Wildman–Crippen LogP) is 1.34. The molecule has 8 heteroatoms. The smallest absolute Gasteiger partial charge is 0.254 e. The number of alkyl halides is 1. The number of amides is 2. The molecule has 25 heavy (non-hydrogen) atoms. The normalized spacial score (nSPS) is 19.7. The lowest BCUT2D eigenvalue weighted by atomic mass is 10.1. The molecule has 1 fully saturated rings. The van der Waals surface area contributed by atoms with Gasteiger partial charge < -0.3 is 20.5 Å². The monoisotopic (exact) mass is 347 g/mol. The Hall–Kier alpha value is -2.90. The van der Waals surface area contributed by atoms with Crippen LogP contribution in [0.3, 0.4) is 0 Å². The Balaban J connectivity index is 1.89. The third-order valence-electron chi connectivity index (χ3n) is 3.94. The van der Waals surface area contributed by atoms with E-state index in [1.807, 2.05) is 0 Å². The molecule has 3 rings (SSSR count). The van der Waals surface area contributed by atoms with E-state index < -0.39 is 24.0 Å². The van der Waals surface area contributed by atoms with E-state index in [2.05, 4.69) is 10.3 Å². The summed E-state index contributed by atoms with van der Waals surface area (Å²) >= 11 is 0. The number of fused-ring (bicyclic) bond motifs is 1. The standard InChI is InChI=1S/C17H18FN3O4/c1-2-24-14-7-11-9(5-12(14)15(19)22)3-4-20-17(11)25-8-10-6-13(18)16(23)21-10/h3-5,7,10,13H,2,6,8H2,1H3,(H2,19,22)(H,21,23)/t10-,13-/m0/s1. The summed E-state index contributed by atoms with van der Waals surface area (Å²) in [4.78, 5) is 27.0. The summed E-state index contributed by atoms with van der Waals surface area (Å²) in [5.74, 6) is -0.555. The molecule has 0 bridgehead atoms. The summed E-state index contributed by atoms with van der Waals surface area (Å²) in [6.07, 6.45) is 0.102. The van der Waals surface area contributed by atoms with Crippen molar-refractivity contribution in [3.05, 3.63) is 30.0 Å².